The van der Waals surface area contributed by atoms with Gasteiger partial charge in [-0.2, -0.15) is 5.10 Å². The Morgan fingerprint density at radius 2 is 2.16 bits per heavy atom. The summed E-state index contributed by atoms with van der Waals surface area (Å²) in [6.07, 6.45) is 2.56. The third-order valence-corrected chi connectivity index (χ3v) is 3.25. The van der Waals surface area contributed by atoms with Crippen LogP contribution in [0.25, 0.3) is 10.9 Å². The molecular formula is C14H14N4O. The Labute approximate surface area is 110 Å². The highest BCUT2D eigenvalue weighted by molar-refractivity contribution is 5.79. The molecule has 5 nitrogen and oxygen atoms in total. The standard InChI is InChI=1S/C14H14N4O/c1-18-14(15)11(8-17-18)13(19)10-4-5-12-9(7-10)3-2-6-16-12/h2-8,13,19H,15H2,1H3. The number of benzene rings is 1. The number of pyridine rings is 1. The molecule has 1 atom stereocenters. The Bertz CT molecular complexity index is 735. The summed E-state index contributed by atoms with van der Waals surface area (Å²) in [6, 6.07) is 9.49. The third kappa shape index (κ3) is 1.94. The molecule has 19 heavy (non-hydrogen) atoms. The van der Waals surface area contributed by atoms with E-state index in [1.54, 1.807) is 24.1 Å². The van der Waals surface area contributed by atoms with Crippen molar-refractivity contribution >= 4 is 16.7 Å². The van der Waals surface area contributed by atoms with Crippen molar-refractivity contribution in [1.82, 2.24) is 14.8 Å². The van der Waals surface area contributed by atoms with Crippen LogP contribution >= 0.6 is 0 Å². The van der Waals surface area contributed by atoms with Crippen molar-refractivity contribution in [3.8, 4) is 0 Å². The maximum Gasteiger partial charge on any atom is 0.127 e. The minimum atomic E-state index is -0.779. The molecule has 0 fully saturated rings. The average molecular weight is 254 g/mol. The first kappa shape index (κ1) is 11.7. The van der Waals surface area contributed by atoms with Gasteiger partial charge >= 0.3 is 0 Å². The minimum absolute atomic E-state index is 0.471. The van der Waals surface area contributed by atoms with E-state index >= 15 is 0 Å². The summed E-state index contributed by atoms with van der Waals surface area (Å²) >= 11 is 0. The van der Waals surface area contributed by atoms with Crippen molar-refractivity contribution in [3.05, 3.63) is 53.9 Å². The first-order valence-corrected chi connectivity index (χ1v) is 5.97. The normalized spacial score (nSPS) is 12.7. The summed E-state index contributed by atoms with van der Waals surface area (Å²) < 4.78 is 1.54. The number of aliphatic hydroxyl groups excluding tert-OH is 1. The number of aromatic nitrogens is 3. The Balaban J connectivity index is 2.06. The summed E-state index contributed by atoms with van der Waals surface area (Å²) in [5.41, 5.74) is 8.18. The van der Waals surface area contributed by atoms with Gasteiger partial charge in [0.05, 0.1) is 11.7 Å². The molecule has 0 radical (unpaired) electrons. The Hall–Kier alpha value is -2.40. The van der Waals surface area contributed by atoms with Gasteiger partial charge in [-0.15, -0.1) is 0 Å². The van der Waals surface area contributed by atoms with Crippen LogP contribution in [0.5, 0.6) is 0 Å². The van der Waals surface area contributed by atoms with E-state index in [0.717, 1.165) is 16.5 Å². The number of aryl methyl sites for hydroxylation is 1. The number of rotatable bonds is 2. The van der Waals surface area contributed by atoms with Crippen molar-refractivity contribution in [2.45, 2.75) is 6.10 Å². The first-order valence-electron chi connectivity index (χ1n) is 5.97. The molecule has 2 heterocycles. The van der Waals surface area contributed by atoms with Gasteiger partial charge in [0.1, 0.15) is 11.9 Å². The third-order valence-electron chi connectivity index (χ3n) is 3.25. The second-order valence-electron chi connectivity index (χ2n) is 4.47. The summed E-state index contributed by atoms with van der Waals surface area (Å²) in [5, 5.41) is 15.4. The highest BCUT2D eigenvalue weighted by atomic mass is 16.3. The van der Waals surface area contributed by atoms with Gasteiger partial charge in [-0.3, -0.25) is 9.67 Å². The number of nitrogens with zero attached hydrogens (tertiary/aromatic N) is 3. The Morgan fingerprint density at radius 1 is 1.32 bits per heavy atom. The zero-order chi connectivity index (χ0) is 13.4. The Kier molecular flexibility index (Phi) is 2.68. The van der Waals surface area contributed by atoms with Crippen molar-refractivity contribution in [2.24, 2.45) is 7.05 Å². The molecule has 0 aliphatic rings. The molecule has 0 saturated carbocycles. The largest absolute Gasteiger partial charge is 0.384 e. The highest BCUT2D eigenvalue weighted by Gasteiger charge is 2.16. The number of nitrogens with two attached hydrogens (primary N) is 1. The molecule has 96 valence electrons. The van der Waals surface area contributed by atoms with Gasteiger partial charge in [0.15, 0.2) is 0 Å². The molecule has 0 aliphatic carbocycles. The van der Waals surface area contributed by atoms with Crippen LogP contribution in [-0.4, -0.2) is 19.9 Å². The molecule has 5 heteroatoms. The van der Waals surface area contributed by atoms with E-state index in [1.807, 2.05) is 30.3 Å². The van der Waals surface area contributed by atoms with E-state index in [9.17, 15) is 5.11 Å². The van der Waals surface area contributed by atoms with E-state index in [0.29, 0.717) is 11.4 Å². The van der Waals surface area contributed by atoms with Crippen LogP contribution in [0.4, 0.5) is 5.82 Å². The maximum atomic E-state index is 10.4. The van der Waals surface area contributed by atoms with E-state index in [2.05, 4.69) is 10.1 Å². The predicted molar refractivity (Wildman–Crippen MR) is 73.4 cm³/mol. The van der Waals surface area contributed by atoms with Gasteiger partial charge in [0.25, 0.3) is 0 Å². The molecule has 3 aromatic rings. The van der Waals surface area contributed by atoms with Gasteiger partial charge in [-0.05, 0) is 23.8 Å². The molecule has 3 N–H and O–H groups in total. The van der Waals surface area contributed by atoms with Crippen LogP contribution in [0.15, 0.2) is 42.7 Å². The van der Waals surface area contributed by atoms with Gasteiger partial charge < -0.3 is 10.8 Å². The predicted octanol–water partition coefficient (Wildman–Crippen LogP) is 1.63. The maximum absolute atomic E-state index is 10.4. The second kappa shape index (κ2) is 4.37. The number of anilines is 1. The zero-order valence-electron chi connectivity index (χ0n) is 10.5. The van der Waals surface area contributed by atoms with Crippen LogP contribution < -0.4 is 5.73 Å². The van der Waals surface area contributed by atoms with E-state index in [1.165, 1.54) is 0 Å². The smallest absolute Gasteiger partial charge is 0.127 e. The zero-order valence-corrected chi connectivity index (χ0v) is 10.5. The molecular weight excluding hydrogens is 240 g/mol. The lowest BCUT2D eigenvalue weighted by molar-refractivity contribution is 0.221. The molecule has 3 rings (SSSR count). The van der Waals surface area contributed by atoms with Crippen LogP contribution in [0.1, 0.15) is 17.2 Å². The minimum Gasteiger partial charge on any atom is -0.384 e. The number of hydrogen-bond acceptors (Lipinski definition) is 4. The van der Waals surface area contributed by atoms with Crippen LogP contribution in [-0.2, 0) is 7.05 Å². The van der Waals surface area contributed by atoms with E-state index < -0.39 is 6.10 Å². The fourth-order valence-corrected chi connectivity index (χ4v) is 2.12. The lowest BCUT2D eigenvalue weighted by atomic mass is 10.0. The molecule has 0 saturated heterocycles. The van der Waals surface area contributed by atoms with Crippen LogP contribution in [0, 0.1) is 0 Å². The number of hydrogen-bond donors (Lipinski definition) is 2. The average Bonchev–Trinajstić information content (AvgIpc) is 2.78. The van der Waals surface area contributed by atoms with Gasteiger partial charge in [0.2, 0.25) is 0 Å². The first-order chi connectivity index (χ1) is 9.16. The van der Waals surface area contributed by atoms with Crippen molar-refractivity contribution in [2.75, 3.05) is 5.73 Å². The van der Waals surface area contributed by atoms with Crippen molar-refractivity contribution in [3.63, 3.8) is 0 Å². The molecule has 2 aromatic heterocycles. The van der Waals surface area contributed by atoms with E-state index in [-0.39, 0.29) is 0 Å². The quantitative estimate of drug-likeness (QED) is 0.728. The lowest BCUT2D eigenvalue weighted by Crippen LogP contribution is -2.04. The number of nitrogen functional groups attached to an aromatic ring is 1. The Morgan fingerprint density at radius 3 is 2.89 bits per heavy atom. The number of fused-ring (bicyclic) bond motifs is 1. The van der Waals surface area contributed by atoms with Crippen LogP contribution in [0.2, 0.25) is 0 Å². The lowest BCUT2D eigenvalue weighted by Gasteiger charge is -2.11. The molecule has 0 amide bonds. The topological polar surface area (TPSA) is 77.0 Å². The molecule has 0 aliphatic heterocycles. The van der Waals surface area contributed by atoms with Crippen molar-refractivity contribution < 1.29 is 5.11 Å². The highest BCUT2D eigenvalue weighted by Crippen LogP contribution is 2.27. The van der Waals surface area contributed by atoms with Gasteiger partial charge in [0, 0.05) is 24.2 Å². The molecule has 1 aromatic carbocycles. The summed E-state index contributed by atoms with van der Waals surface area (Å²) in [7, 11) is 1.75. The fourth-order valence-electron chi connectivity index (χ4n) is 2.12. The van der Waals surface area contributed by atoms with E-state index in [4.69, 9.17) is 5.73 Å². The molecule has 1 unspecified atom stereocenters. The molecule has 0 spiro atoms. The SMILES string of the molecule is Cn1ncc(C(O)c2ccc3ncccc3c2)c1N. The molecule has 0 bridgehead atoms. The van der Waals surface area contributed by atoms with Gasteiger partial charge in [-0.1, -0.05) is 12.1 Å². The summed E-state index contributed by atoms with van der Waals surface area (Å²) in [4.78, 5) is 4.25. The summed E-state index contributed by atoms with van der Waals surface area (Å²) in [6.45, 7) is 0. The van der Waals surface area contributed by atoms with Crippen molar-refractivity contribution in [1.29, 1.82) is 0 Å². The monoisotopic (exact) mass is 254 g/mol. The van der Waals surface area contributed by atoms with Crippen LogP contribution in [0.3, 0.4) is 0 Å². The van der Waals surface area contributed by atoms with Gasteiger partial charge in [-0.25, -0.2) is 0 Å². The number of aliphatic hydroxyl groups is 1. The fraction of sp³-hybridized carbons (Fsp3) is 0.143. The summed E-state index contributed by atoms with van der Waals surface area (Å²) in [5.74, 6) is 0.471. The second-order valence-corrected chi connectivity index (χ2v) is 4.47.